The Morgan fingerprint density at radius 2 is 2.08 bits per heavy atom. The zero-order valence-corrected chi connectivity index (χ0v) is 14.8. The largest absolute Gasteiger partial charge is 0.456 e. The van der Waals surface area contributed by atoms with Crippen LogP contribution in [0, 0.1) is 6.92 Å². The Balaban J connectivity index is 1.45. The van der Waals surface area contributed by atoms with Crippen LogP contribution >= 0.6 is 11.3 Å². The van der Waals surface area contributed by atoms with Gasteiger partial charge in [-0.1, -0.05) is 6.07 Å². The molecular weight excluding hydrogens is 336 g/mol. The van der Waals surface area contributed by atoms with Gasteiger partial charge < -0.3 is 9.64 Å². The van der Waals surface area contributed by atoms with E-state index >= 15 is 0 Å². The van der Waals surface area contributed by atoms with Crippen molar-refractivity contribution >= 4 is 33.3 Å². The Hall–Kier alpha value is -2.54. The molecule has 1 aliphatic heterocycles. The van der Waals surface area contributed by atoms with E-state index < -0.39 is 5.97 Å². The Morgan fingerprint density at radius 3 is 2.92 bits per heavy atom. The summed E-state index contributed by atoms with van der Waals surface area (Å²) in [6, 6.07) is 5.90. The fraction of sp³-hybridized carbons (Fsp3) is 0.333. The minimum absolute atomic E-state index is 0.210. The molecule has 0 atom stereocenters. The van der Waals surface area contributed by atoms with Crippen molar-refractivity contribution in [2.45, 2.75) is 26.4 Å². The SMILES string of the molecule is Cc1nc2ccc(COC(=O)c3cncc(N4CCCC4)n3)cc2s1. The second kappa shape index (κ2) is 6.76. The topological polar surface area (TPSA) is 68.2 Å². The van der Waals surface area contributed by atoms with E-state index in [-0.39, 0.29) is 12.3 Å². The van der Waals surface area contributed by atoms with E-state index in [1.54, 1.807) is 17.5 Å². The highest BCUT2D eigenvalue weighted by Gasteiger charge is 2.17. The van der Waals surface area contributed by atoms with Crippen LogP contribution in [-0.4, -0.2) is 34.0 Å². The number of hydrogen-bond donors (Lipinski definition) is 0. The molecule has 3 heterocycles. The van der Waals surface area contributed by atoms with Gasteiger partial charge in [0.25, 0.3) is 0 Å². The van der Waals surface area contributed by atoms with Gasteiger partial charge in [-0.2, -0.15) is 0 Å². The summed E-state index contributed by atoms with van der Waals surface area (Å²) in [6.07, 6.45) is 5.45. The Kier molecular flexibility index (Phi) is 4.31. The third kappa shape index (κ3) is 3.46. The number of ether oxygens (including phenoxy) is 1. The Bertz CT molecular complexity index is 918. The first kappa shape index (κ1) is 16.0. The number of fused-ring (bicyclic) bond motifs is 1. The lowest BCUT2D eigenvalue weighted by Crippen LogP contribution is -2.20. The molecule has 1 saturated heterocycles. The number of carbonyl (C=O) groups is 1. The first-order valence-corrected chi connectivity index (χ1v) is 9.11. The van der Waals surface area contributed by atoms with Gasteiger partial charge in [0.15, 0.2) is 5.69 Å². The van der Waals surface area contributed by atoms with E-state index in [9.17, 15) is 4.79 Å². The number of rotatable bonds is 4. The van der Waals surface area contributed by atoms with Crippen molar-refractivity contribution < 1.29 is 9.53 Å². The predicted octanol–water partition coefficient (Wildman–Crippen LogP) is 3.35. The summed E-state index contributed by atoms with van der Waals surface area (Å²) in [5, 5.41) is 1.03. The van der Waals surface area contributed by atoms with Crippen LogP contribution in [0.5, 0.6) is 0 Å². The minimum Gasteiger partial charge on any atom is -0.456 e. The van der Waals surface area contributed by atoms with Crippen LogP contribution in [0.3, 0.4) is 0 Å². The van der Waals surface area contributed by atoms with E-state index in [4.69, 9.17) is 4.74 Å². The molecule has 0 bridgehead atoms. The molecule has 2 aromatic heterocycles. The van der Waals surface area contributed by atoms with E-state index in [0.717, 1.165) is 52.5 Å². The van der Waals surface area contributed by atoms with Crippen LogP contribution in [0.4, 0.5) is 5.82 Å². The van der Waals surface area contributed by atoms with Crippen molar-refractivity contribution in [3.63, 3.8) is 0 Å². The summed E-state index contributed by atoms with van der Waals surface area (Å²) in [7, 11) is 0. The third-order valence-electron chi connectivity index (χ3n) is 4.19. The summed E-state index contributed by atoms with van der Waals surface area (Å²) in [5.74, 6) is 0.294. The molecule has 0 radical (unpaired) electrons. The third-order valence-corrected chi connectivity index (χ3v) is 5.12. The molecule has 25 heavy (non-hydrogen) atoms. The highest BCUT2D eigenvalue weighted by molar-refractivity contribution is 7.18. The highest BCUT2D eigenvalue weighted by Crippen LogP contribution is 2.23. The average molecular weight is 354 g/mol. The van der Waals surface area contributed by atoms with Crippen molar-refractivity contribution in [2.24, 2.45) is 0 Å². The first-order chi connectivity index (χ1) is 12.2. The summed E-state index contributed by atoms with van der Waals surface area (Å²) in [4.78, 5) is 27.4. The minimum atomic E-state index is -0.450. The maximum absolute atomic E-state index is 12.3. The molecule has 3 aromatic rings. The number of aromatic nitrogens is 3. The van der Waals surface area contributed by atoms with Crippen molar-refractivity contribution in [1.82, 2.24) is 15.0 Å². The Morgan fingerprint density at radius 1 is 1.24 bits per heavy atom. The number of hydrogen-bond acceptors (Lipinski definition) is 7. The maximum atomic E-state index is 12.3. The molecular formula is C18H18N4O2S. The van der Waals surface area contributed by atoms with Crippen LogP contribution in [0.2, 0.25) is 0 Å². The highest BCUT2D eigenvalue weighted by atomic mass is 32.1. The first-order valence-electron chi connectivity index (χ1n) is 8.29. The van der Waals surface area contributed by atoms with Gasteiger partial charge in [0.05, 0.1) is 27.6 Å². The Labute approximate surface area is 149 Å². The molecule has 1 aromatic carbocycles. The monoisotopic (exact) mass is 354 g/mol. The summed E-state index contributed by atoms with van der Waals surface area (Å²) < 4.78 is 6.51. The van der Waals surface area contributed by atoms with Crippen molar-refractivity contribution in [3.8, 4) is 0 Å². The second-order valence-electron chi connectivity index (χ2n) is 6.07. The van der Waals surface area contributed by atoms with Gasteiger partial charge in [-0.05, 0) is 37.5 Å². The fourth-order valence-corrected chi connectivity index (χ4v) is 3.84. The molecule has 1 aliphatic rings. The summed E-state index contributed by atoms with van der Waals surface area (Å²) in [6.45, 7) is 4.11. The lowest BCUT2D eigenvalue weighted by molar-refractivity contribution is 0.0465. The summed E-state index contributed by atoms with van der Waals surface area (Å²) >= 11 is 1.63. The van der Waals surface area contributed by atoms with Crippen molar-refractivity contribution in [1.29, 1.82) is 0 Å². The molecule has 0 unspecified atom stereocenters. The van der Waals surface area contributed by atoms with Crippen LogP contribution < -0.4 is 4.90 Å². The molecule has 0 saturated carbocycles. The van der Waals surface area contributed by atoms with Crippen LogP contribution in [0.15, 0.2) is 30.6 Å². The lowest BCUT2D eigenvalue weighted by Gasteiger charge is -2.15. The number of nitrogens with zero attached hydrogens (tertiary/aromatic N) is 4. The zero-order chi connectivity index (χ0) is 17.2. The van der Waals surface area contributed by atoms with E-state index in [1.165, 1.54) is 6.20 Å². The number of anilines is 1. The van der Waals surface area contributed by atoms with E-state index in [1.807, 2.05) is 25.1 Å². The standard InChI is InChI=1S/C18H18N4O2S/c1-12-20-14-5-4-13(8-16(14)25-12)11-24-18(23)15-9-19-10-17(21-15)22-6-2-3-7-22/h4-5,8-10H,2-3,6-7,11H2,1H3. The number of thiazole rings is 1. The van der Waals surface area contributed by atoms with Gasteiger partial charge in [0.1, 0.15) is 12.4 Å². The van der Waals surface area contributed by atoms with Crippen LogP contribution in [-0.2, 0) is 11.3 Å². The molecule has 0 N–H and O–H groups in total. The van der Waals surface area contributed by atoms with Gasteiger partial charge in [0.2, 0.25) is 0 Å². The van der Waals surface area contributed by atoms with Crippen LogP contribution in [0.25, 0.3) is 10.2 Å². The number of carbonyl (C=O) groups excluding carboxylic acids is 1. The van der Waals surface area contributed by atoms with Crippen molar-refractivity contribution in [3.05, 3.63) is 46.9 Å². The molecule has 0 aliphatic carbocycles. The fourth-order valence-electron chi connectivity index (χ4n) is 2.95. The lowest BCUT2D eigenvalue weighted by atomic mass is 10.2. The second-order valence-corrected chi connectivity index (χ2v) is 7.30. The number of benzene rings is 1. The number of aryl methyl sites for hydroxylation is 1. The van der Waals surface area contributed by atoms with Gasteiger partial charge in [-0.3, -0.25) is 4.98 Å². The zero-order valence-electron chi connectivity index (χ0n) is 13.9. The smallest absolute Gasteiger partial charge is 0.358 e. The molecule has 4 rings (SSSR count). The molecule has 1 fully saturated rings. The average Bonchev–Trinajstić information content (AvgIpc) is 3.28. The summed E-state index contributed by atoms with van der Waals surface area (Å²) in [5.41, 5.74) is 2.16. The predicted molar refractivity (Wildman–Crippen MR) is 97.0 cm³/mol. The quantitative estimate of drug-likeness (QED) is 0.669. The molecule has 6 nitrogen and oxygen atoms in total. The molecule has 7 heteroatoms. The van der Waals surface area contributed by atoms with Gasteiger partial charge >= 0.3 is 5.97 Å². The molecule has 128 valence electrons. The number of esters is 1. The van der Waals surface area contributed by atoms with Gasteiger partial charge in [-0.25, -0.2) is 14.8 Å². The van der Waals surface area contributed by atoms with E-state index in [0.29, 0.717) is 0 Å². The normalized spacial score (nSPS) is 14.2. The molecule has 0 amide bonds. The van der Waals surface area contributed by atoms with E-state index in [2.05, 4.69) is 19.9 Å². The van der Waals surface area contributed by atoms with Crippen molar-refractivity contribution in [2.75, 3.05) is 18.0 Å². The maximum Gasteiger partial charge on any atom is 0.358 e. The molecule has 0 spiro atoms. The van der Waals surface area contributed by atoms with Gasteiger partial charge in [-0.15, -0.1) is 11.3 Å². The van der Waals surface area contributed by atoms with Crippen LogP contribution in [0.1, 0.15) is 33.9 Å². The van der Waals surface area contributed by atoms with Gasteiger partial charge in [0, 0.05) is 13.1 Å².